The maximum absolute atomic E-state index is 6.00. The molecular weight excluding hydrogens is 449 g/mol. The minimum Gasteiger partial charge on any atom is -0.356 e. The summed E-state index contributed by atoms with van der Waals surface area (Å²) in [6.07, 6.45) is 7.00. The molecule has 138 valence electrons. The van der Waals surface area contributed by atoms with Gasteiger partial charge in [-0.15, -0.1) is 24.0 Å². The molecule has 0 atom stereocenters. The van der Waals surface area contributed by atoms with Crippen LogP contribution in [0.2, 0.25) is 5.02 Å². The molecule has 7 heteroatoms. The molecule has 1 aromatic carbocycles. The first-order valence-corrected chi connectivity index (χ1v) is 8.73. The van der Waals surface area contributed by atoms with Crippen LogP contribution in [-0.2, 0) is 13.0 Å². The molecule has 0 radical (unpaired) electrons. The zero-order valence-corrected chi connectivity index (χ0v) is 17.9. The molecule has 1 heterocycles. The molecule has 2 N–H and O–H groups in total. The van der Waals surface area contributed by atoms with Crippen LogP contribution >= 0.6 is 35.6 Å². The normalized spacial score (nSPS) is 11.1. The van der Waals surface area contributed by atoms with Crippen LogP contribution < -0.4 is 10.6 Å². The Hall–Kier alpha value is -1.28. The molecule has 0 fully saturated rings. The summed E-state index contributed by atoms with van der Waals surface area (Å²) in [5.41, 5.74) is 1.22. The van der Waals surface area contributed by atoms with Crippen molar-refractivity contribution in [1.29, 1.82) is 0 Å². The van der Waals surface area contributed by atoms with Gasteiger partial charge in [0.05, 0.1) is 0 Å². The van der Waals surface area contributed by atoms with Gasteiger partial charge in [-0.25, -0.2) is 4.98 Å². The average molecular weight is 476 g/mol. The van der Waals surface area contributed by atoms with E-state index >= 15 is 0 Å². The molecular formula is C18H27ClIN5. The fraction of sp³-hybridized carbons (Fsp3) is 0.444. The maximum atomic E-state index is 6.00. The van der Waals surface area contributed by atoms with Crippen molar-refractivity contribution in [3.8, 4) is 0 Å². The van der Waals surface area contributed by atoms with Gasteiger partial charge in [0.2, 0.25) is 0 Å². The molecule has 0 bridgehead atoms. The van der Waals surface area contributed by atoms with Crippen LogP contribution in [0, 0.1) is 6.92 Å². The fourth-order valence-electron chi connectivity index (χ4n) is 2.49. The molecule has 5 nitrogen and oxygen atoms in total. The lowest BCUT2D eigenvalue weighted by atomic mass is 10.1. The smallest absolute Gasteiger partial charge is 0.190 e. The van der Waals surface area contributed by atoms with E-state index in [0.717, 1.165) is 55.7 Å². The Balaban J connectivity index is 0.00000312. The third-order valence-electron chi connectivity index (χ3n) is 3.86. The molecule has 0 saturated carbocycles. The number of unbranched alkanes of at least 4 members (excludes halogenated alkanes) is 1. The van der Waals surface area contributed by atoms with Crippen molar-refractivity contribution in [3.05, 3.63) is 53.1 Å². The summed E-state index contributed by atoms with van der Waals surface area (Å²) in [5.74, 6) is 1.91. The zero-order valence-electron chi connectivity index (χ0n) is 14.8. The molecule has 2 rings (SSSR count). The topological polar surface area (TPSA) is 54.2 Å². The number of rotatable bonds is 8. The molecule has 0 aliphatic carbocycles. The summed E-state index contributed by atoms with van der Waals surface area (Å²) >= 11 is 6.00. The van der Waals surface area contributed by atoms with Gasteiger partial charge in [0.25, 0.3) is 0 Å². The number of hydrogen-bond acceptors (Lipinski definition) is 2. The monoisotopic (exact) mass is 475 g/mol. The lowest BCUT2D eigenvalue weighted by Gasteiger charge is -2.12. The molecule has 0 aliphatic heterocycles. The molecule has 0 unspecified atom stereocenters. The lowest BCUT2D eigenvalue weighted by molar-refractivity contribution is 0.588. The van der Waals surface area contributed by atoms with E-state index in [1.807, 2.05) is 37.5 Å². The molecule has 0 amide bonds. The van der Waals surface area contributed by atoms with Crippen LogP contribution in [0.5, 0.6) is 0 Å². The van der Waals surface area contributed by atoms with Crippen molar-refractivity contribution in [2.45, 2.75) is 32.7 Å². The van der Waals surface area contributed by atoms with Crippen LogP contribution in [-0.4, -0.2) is 35.6 Å². The average Bonchev–Trinajstić information content (AvgIpc) is 2.98. The van der Waals surface area contributed by atoms with E-state index in [9.17, 15) is 0 Å². The number of guanidine groups is 1. The highest BCUT2D eigenvalue weighted by Gasteiger charge is 2.00. The minimum absolute atomic E-state index is 0. The first-order chi connectivity index (χ1) is 11.7. The van der Waals surface area contributed by atoms with Gasteiger partial charge in [-0.1, -0.05) is 23.7 Å². The van der Waals surface area contributed by atoms with Gasteiger partial charge >= 0.3 is 0 Å². The Morgan fingerprint density at radius 3 is 2.72 bits per heavy atom. The van der Waals surface area contributed by atoms with Crippen molar-refractivity contribution >= 4 is 41.5 Å². The van der Waals surface area contributed by atoms with E-state index in [1.54, 1.807) is 7.05 Å². The summed E-state index contributed by atoms with van der Waals surface area (Å²) in [6, 6.07) is 7.95. The Morgan fingerprint density at radius 1 is 1.24 bits per heavy atom. The Labute approximate surface area is 172 Å². The summed E-state index contributed by atoms with van der Waals surface area (Å²) in [7, 11) is 1.80. The van der Waals surface area contributed by atoms with Crippen LogP contribution in [0.4, 0.5) is 0 Å². The Kier molecular flexibility index (Phi) is 10.6. The molecule has 0 aliphatic rings. The first-order valence-electron chi connectivity index (χ1n) is 8.36. The molecule has 1 aromatic heterocycles. The summed E-state index contributed by atoms with van der Waals surface area (Å²) in [6.45, 7) is 4.77. The summed E-state index contributed by atoms with van der Waals surface area (Å²) in [4.78, 5) is 8.48. The highest BCUT2D eigenvalue weighted by Crippen LogP contribution is 2.10. The highest BCUT2D eigenvalue weighted by atomic mass is 127. The summed E-state index contributed by atoms with van der Waals surface area (Å²) in [5, 5.41) is 7.46. The van der Waals surface area contributed by atoms with Crippen molar-refractivity contribution in [2.75, 3.05) is 20.1 Å². The van der Waals surface area contributed by atoms with Crippen LogP contribution in [0.3, 0.4) is 0 Å². The van der Waals surface area contributed by atoms with Crippen molar-refractivity contribution in [3.63, 3.8) is 0 Å². The number of aromatic nitrogens is 2. The van der Waals surface area contributed by atoms with Gasteiger partial charge < -0.3 is 15.2 Å². The van der Waals surface area contributed by atoms with Gasteiger partial charge in [0, 0.05) is 44.1 Å². The van der Waals surface area contributed by atoms with Gasteiger partial charge in [0.1, 0.15) is 5.82 Å². The second kappa shape index (κ2) is 12.1. The van der Waals surface area contributed by atoms with Crippen molar-refractivity contribution in [2.24, 2.45) is 4.99 Å². The Bertz CT molecular complexity index is 656. The lowest BCUT2D eigenvalue weighted by Crippen LogP contribution is -2.38. The number of aliphatic imine (C=N–C) groups is 1. The van der Waals surface area contributed by atoms with E-state index in [4.69, 9.17) is 11.6 Å². The maximum Gasteiger partial charge on any atom is 0.190 e. The van der Waals surface area contributed by atoms with E-state index in [-0.39, 0.29) is 24.0 Å². The number of halogens is 2. The van der Waals surface area contributed by atoms with Crippen LogP contribution in [0.25, 0.3) is 0 Å². The quantitative estimate of drug-likeness (QED) is 0.265. The second-order valence-electron chi connectivity index (χ2n) is 5.68. The Morgan fingerprint density at radius 2 is 2.04 bits per heavy atom. The van der Waals surface area contributed by atoms with Crippen molar-refractivity contribution < 1.29 is 0 Å². The van der Waals surface area contributed by atoms with E-state index < -0.39 is 0 Å². The minimum atomic E-state index is 0. The van der Waals surface area contributed by atoms with Crippen LogP contribution in [0.15, 0.2) is 41.7 Å². The predicted octanol–water partition coefficient (Wildman–Crippen LogP) is 3.65. The van der Waals surface area contributed by atoms with E-state index in [0.29, 0.717) is 0 Å². The third kappa shape index (κ3) is 8.09. The third-order valence-corrected chi connectivity index (χ3v) is 4.10. The number of imidazole rings is 1. The zero-order chi connectivity index (χ0) is 17.2. The number of nitrogens with one attached hydrogen (secondary N) is 2. The predicted molar refractivity (Wildman–Crippen MR) is 116 cm³/mol. The summed E-state index contributed by atoms with van der Waals surface area (Å²) < 4.78 is 2.18. The SMILES string of the molecule is CN=C(NCCCCn1ccnc1C)NCCc1cccc(Cl)c1.I. The number of benzene rings is 1. The van der Waals surface area contributed by atoms with Crippen molar-refractivity contribution in [1.82, 2.24) is 20.2 Å². The molecule has 0 saturated heterocycles. The van der Waals surface area contributed by atoms with Gasteiger partial charge in [0.15, 0.2) is 5.96 Å². The second-order valence-corrected chi connectivity index (χ2v) is 6.12. The van der Waals surface area contributed by atoms with Crippen LogP contribution in [0.1, 0.15) is 24.2 Å². The van der Waals surface area contributed by atoms with E-state index in [2.05, 4.69) is 31.2 Å². The standard InChI is InChI=1S/C18H26ClN5.HI/c1-15-21-11-13-24(15)12-4-3-9-22-18(20-2)23-10-8-16-6-5-7-17(19)14-16;/h5-7,11,13-14H,3-4,8-10,12H2,1-2H3,(H2,20,22,23);1H. The number of nitrogens with zero attached hydrogens (tertiary/aromatic N) is 3. The number of hydrogen-bond donors (Lipinski definition) is 2. The van der Waals surface area contributed by atoms with Gasteiger partial charge in [-0.2, -0.15) is 0 Å². The molecule has 0 spiro atoms. The molecule has 2 aromatic rings. The first kappa shape index (κ1) is 21.8. The fourth-order valence-corrected chi connectivity index (χ4v) is 2.71. The largest absolute Gasteiger partial charge is 0.356 e. The van der Waals surface area contributed by atoms with Gasteiger partial charge in [-0.3, -0.25) is 4.99 Å². The van der Waals surface area contributed by atoms with Gasteiger partial charge in [-0.05, 0) is 43.9 Å². The molecule has 25 heavy (non-hydrogen) atoms. The highest BCUT2D eigenvalue weighted by molar-refractivity contribution is 14.0. The van der Waals surface area contributed by atoms with E-state index in [1.165, 1.54) is 5.56 Å². The number of aryl methyl sites for hydroxylation is 2.